The van der Waals surface area contributed by atoms with Gasteiger partial charge in [-0.3, -0.25) is 4.79 Å². The maximum absolute atomic E-state index is 12.7. The number of piperazine rings is 1. The first-order valence-electron chi connectivity index (χ1n) is 7.73. The third kappa shape index (κ3) is 3.95. The van der Waals surface area contributed by atoms with Gasteiger partial charge < -0.3 is 9.32 Å². The summed E-state index contributed by atoms with van der Waals surface area (Å²) in [5.41, 5.74) is 0. The zero-order valence-electron chi connectivity index (χ0n) is 13.3. The molecule has 6 nitrogen and oxygen atoms in total. The second kappa shape index (κ2) is 7.43. The first kappa shape index (κ1) is 17.7. The number of halogens is 1. The Morgan fingerprint density at radius 3 is 2.44 bits per heavy atom. The SMILES string of the molecule is O=C(/C=C/c1ccco1)N1CCN(S(=O)(=O)c2ccccc2Cl)CC1. The minimum Gasteiger partial charge on any atom is -0.465 e. The quantitative estimate of drug-likeness (QED) is 0.764. The molecule has 1 aromatic heterocycles. The van der Waals surface area contributed by atoms with Crippen molar-refractivity contribution >= 4 is 33.6 Å². The normalized spacial score (nSPS) is 16.4. The number of amides is 1. The summed E-state index contributed by atoms with van der Waals surface area (Å²) in [5.74, 6) is 0.416. The highest BCUT2D eigenvalue weighted by Crippen LogP contribution is 2.25. The van der Waals surface area contributed by atoms with Crippen LogP contribution in [0, 0.1) is 0 Å². The fourth-order valence-corrected chi connectivity index (χ4v) is 4.50. The summed E-state index contributed by atoms with van der Waals surface area (Å²) in [6.07, 6.45) is 4.55. The van der Waals surface area contributed by atoms with E-state index in [1.165, 1.54) is 22.7 Å². The maximum Gasteiger partial charge on any atom is 0.246 e. The lowest BCUT2D eigenvalue weighted by Crippen LogP contribution is -2.50. The van der Waals surface area contributed by atoms with Gasteiger partial charge in [0.05, 0.1) is 11.3 Å². The Hall–Kier alpha value is -2.09. The molecule has 3 rings (SSSR count). The molecule has 2 heterocycles. The number of carbonyl (C=O) groups excluding carboxylic acids is 1. The number of carbonyl (C=O) groups is 1. The average Bonchev–Trinajstić information content (AvgIpc) is 3.13. The van der Waals surface area contributed by atoms with E-state index in [4.69, 9.17) is 16.0 Å². The van der Waals surface area contributed by atoms with Crippen LogP contribution < -0.4 is 0 Å². The molecule has 1 fully saturated rings. The van der Waals surface area contributed by atoms with Crippen molar-refractivity contribution in [2.24, 2.45) is 0 Å². The second-order valence-corrected chi connectivity index (χ2v) is 7.82. The van der Waals surface area contributed by atoms with Crippen molar-refractivity contribution in [1.29, 1.82) is 0 Å². The number of hydrogen-bond donors (Lipinski definition) is 0. The molecule has 0 aliphatic carbocycles. The number of sulfonamides is 1. The molecule has 8 heteroatoms. The molecule has 1 amide bonds. The Morgan fingerprint density at radius 1 is 1.08 bits per heavy atom. The Balaban J connectivity index is 1.63. The van der Waals surface area contributed by atoms with Gasteiger partial charge in [-0.15, -0.1) is 0 Å². The van der Waals surface area contributed by atoms with Crippen molar-refractivity contribution in [3.8, 4) is 0 Å². The summed E-state index contributed by atoms with van der Waals surface area (Å²) < 4.78 is 31.8. The van der Waals surface area contributed by atoms with Crippen molar-refractivity contribution in [1.82, 2.24) is 9.21 Å². The van der Waals surface area contributed by atoms with E-state index in [0.717, 1.165) is 0 Å². The molecule has 1 aliphatic heterocycles. The van der Waals surface area contributed by atoms with E-state index in [1.54, 1.807) is 41.3 Å². The van der Waals surface area contributed by atoms with Crippen LogP contribution in [0.2, 0.25) is 5.02 Å². The minimum atomic E-state index is -3.66. The Morgan fingerprint density at radius 2 is 1.80 bits per heavy atom. The second-order valence-electron chi connectivity index (χ2n) is 5.51. The standard InChI is InChI=1S/C17H17ClN2O4S/c18-15-5-1-2-6-16(15)25(22,23)20-11-9-19(10-12-20)17(21)8-7-14-4-3-13-24-14/h1-8,13H,9-12H2/b8-7+. The van der Waals surface area contributed by atoms with E-state index in [1.807, 2.05) is 0 Å². The maximum atomic E-state index is 12.7. The van der Waals surface area contributed by atoms with Crippen LogP contribution in [0.1, 0.15) is 5.76 Å². The van der Waals surface area contributed by atoms with Gasteiger partial charge in [-0.2, -0.15) is 4.31 Å². The third-order valence-corrected chi connectivity index (χ3v) is 6.34. The molecular formula is C17H17ClN2O4S. The molecule has 0 spiro atoms. The zero-order chi connectivity index (χ0) is 17.9. The fraction of sp³-hybridized carbons (Fsp3) is 0.235. The molecule has 0 N–H and O–H groups in total. The lowest BCUT2D eigenvalue weighted by atomic mass is 10.3. The van der Waals surface area contributed by atoms with Crippen molar-refractivity contribution in [3.63, 3.8) is 0 Å². The largest absolute Gasteiger partial charge is 0.465 e. The summed E-state index contributed by atoms with van der Waals surface area (Å²) in [4.78, 5) is 13.9. The van der Waals surface area contributed by atoms with Crippen LogP contribution in [0.4, 0.5) is 0 Å². The number of benzene rings is 1. The van der Waals surface area contributed by atoms with Crippen molar-refractivity contribution in [3.05, 3.63) is 59.5 Å². The molecule has 25 heavy (non-hydrogen) atoms. The zero-order valence-corrected chi connectivity index (χ0v) is 14.9. The van der Waals surface area contributed by atoms with E-state index in [9.17, 15) is 13.2 Å². The third-order valence-electron chi connectivity index (χ3n) is 3.94. The van der Waals surface area contributed by atoms with Crippen molar-refractivity contribution in [2.45, 2.75) is 4.90 Å². The molecular weight excluding hydrogens is 364 g/mol. The Bertz CT molecular complexity index is 870. The average molecular weight is 381 g/mol. The molecule has 1 aromatic carbocycles. The summed E-state index contributed by atoms with van der Waals surface area (Å²) in [7, 11) is -3.66. The molecule has 1 saturated heterocycles. The summed E-state index contributed by atoms with van der Waals surface area (Å²) >= 11 is 6.01. The van der Waals surface area contributed by atoms with Crippen LogP contribution in [0.5, 0.6) is 0 Å². The predicted octanol–water partition coefficient (Wildman–Crippen LogP) is 2.48. The van der Waals surface area contributed by atoms with Gasteiger partial charge in [0.25, 0.3) is 0 Å². The Labute approximate surface area is 151 Å². The van der Waals surface area contributed by atoms with E-state index in [-0.39, 0.29) is 28.9 Å². The lowest BCUT2D eigenvalue weighted by molar-refractivity contribution is -0.127. The highest BCUT2D eigenvalue weighted by atomic mass is 35.5. The van der Waals surface area contributed by atoms with Gasteiger partial charge in [0.15, 0.2) is 0 Å². The van der Waals surface area contributed by atoms with Crippen LogP contribution in [0.15, 0.2) is 58.1 Å². The molecule has 0 bridgehead atoms. The van der Waals surface area contributed by atoms with Gasteiger partial charge in [-0.25, -0.2) is 8.42 Å². The molecule has 132 valence electrons. The van der Waals surface area contributed by atoms with Gasteiger partial charge in [0, 0.05) is 32.3 Å². The monoisotopic (exact) mass is 380 g/mol. The van der Waals surface area contributed by atoms with Gasteiger partial charge in [0.1, 0.15) is 10.7 Å². The van der Waals surface area contributed by atoms with Crippen molar-refractivity contribution < 1.29 is 17.6 Å². The van der Waals surface area contributed by atoms with E-state index in [0.29, 0.717) is 18.8 Å². The first-order chi connectivity index (χ1) is 12.0. The summed E-state index contributed by atoms with van der Waals surface area (Å²) in [5, 5.41) is 0.197. The van der Waals surface area contributed by atoms with Crippen molar-refractivity contribution in [2.75, 3.05) is 26.2 Å². The molecule has 0 radical (unpaired) electrons. The number of hydrogen-bond acceptors (Lipinski definition) is 4. The minimum absolute atomic E-state index is 0.0918. The van der Waals surface area contributed by atoms with Crippen LogP contribution in [-0.4, -0.2) is 49.7 Å². The topological polar surface area (TPSA) is 70.8 Å². The fourth-order valence-electron chi connectivity index (χ4n) is 2.59. The summed E-state index contributed by atoms with van der Waals surface area (Å²) in [6, 6.07) is 9.84. The highest BCUT2D eigenvalue weighted by molar-refractivity contribution is 7.89. The van der Waals surface area contributed by atoms with Gasteiger partial charge in [-0.1, -0.05) is 23.7 Å². The van der Waals surface area contributed by atoms with E-state index in [2.05, 4.69) is 0 Å². The number of nitrogens with zero attached hydrogens (tertiary/aromatic N) is 2. The molecule has 0 saturated carbocycles. The van der Waals surface area contributed by atoms with Crippen LogP contribution in [-0.2, 0) is 14.8 Å². The van der Waals surface area contributed by atoms with Gasteiger partial charge in [0.2, 0.25) is 15.9 Å². The van der Waals surface area contributed by atoms with Gasteiger partial charge >= 0.3 is 0 Å². The molecule has 0 atom stereocenters. The summed E-state index contributed by atoms with van der Waals surface area (Å²) in [6.45, 7) is 1.11. The molecule has 0 unspecified atom stereocenters. The highest BCUT2D eigenvalue weighted by Gasteiger charge is 2.30. The van der Waals surface area contributed by atoms with Crippen LogP contribution >= 0.6 is 11.6 Å². The van der Waals surface area contributed by atoms with E-state index >= 15 is 0 Å². The smallest absolute Gasteiger partial charge is 0.246 e. The Kier molecular flexibility index (Phi) is 5.27. The number of rotatable bonds is 4. The van der Waals surface area contributed by atoms with Crippen LogP contribution in [0.3, 0.4) is 0 Å². The van der Waals surface area contributed by atoms with Crippen LogP contribution in [0.25, 0.3) is 6.08 Å². The lowest BCUT2D eigenvalue weighted by Gasteiger charge is -2.33. The first-order valence-corrected chi connectivity index (χ1v) is 9.55. The number of furan rings is 1. The predicted molar refractivity (Wildman–Crippen MR) is 94.5 cm³/mol. The molecule has 2 aromatic rings. The molecule has 1 aliphatic rings. The van der Waals surface area contributed by atoms with E-state index < -0.39 is 10.0 Å². The van der Waals surface area contributed by atoms with Gasteiger partial charge in [-0.05, 0) is 30.3 Å².